The van der Waals surface area contributed by atoms with E-state index in [1.807, 2.05) is 4.57 Å². The molecule has 7 nitrogen and oxygen atoms in total. The average molecular weight is 423 g/mol. The number of ether oxygens (including phenoxy) is 4. The summed E-state index contributed by atoms with van der Waals surface area (Å²) in [6.07, 6.45) is 5.10. The maximum absolute atomic E-state index is 14.6. The largest absolute Gasteiger partial charge is 0.454 e. The van der Waals surface area contributed by atoms with E-state index in [0.29, 0.717) is 17.2 Å². The lowest BCUT2D eigenvalue weighted by atomic mass is 10.2. The first kappa shape index (κ1) is 18.9. The van der Waals surface area contributed by atoms with Crippen molar-refractivity contribution >= 4 is 0 Å². The van der Waals surface area contributed by atoms with E-state index < -0.39 is 23.4 Å². The average Bonchev–Trinajstić information content (AvgIpc) is 3.48. The summed E-state index contributed by atoms with van der Waals surface area (Å²) in [6, 6.07) is 11.6. The summed E-state index contributed by atoms with van der Waals surface area (Å²) in [5.41, 5.74) is 0.580. The highest BCUT2D eigenvalue weighted by Gasteiger charge is 2.22. The standard InChI is InChI=1S/C22H15F2N3O4/c1-13-19(23)21(30-15-4-2-14(3-5-15)27-9-8-25-11-27)26-22(20(13)24)31-16-6-7-17-18(10-16)29-12-28-17/h2-11H,12H2,1H3. The molecular formula is C22H15F2N3O4. The minimum Gasteiger partial charge on any atom is -0.454 e. The van der Waals surface area contributed by atoms with Crippen LogP contribution in [0.25, 0.3) is 5.69 Å². The summed E-state index contributed by atoms with van der Waals surface area (Å²) in [4.78, 5) is 7.90. The Morgan fingerprint density at radius 2 is 1.58 bits per heavy atom. The van der Waals surface area contributed by atoms with E-state index in [1.165, 1.54) is 13.0 Å². The molecule has 0 radical (unpaired) electrons. The monoisotopic (exact) mass is 423 g/mol. The number of fused-ring (bicyclic) bond motifs is 1. The third-order valence-corrected chi connectivity index (χ3v) is 4.65. The van der Waals surface area contributed by atoms with Crippen molar-refractivity contribution in [1.29, 1.82) is 0 Å². The van der Waals surface area contributed by atoms with Gasteiger partial charge in [-0.25, -0.2) is 13.8 Å². The number of benzene rings is 2. The highest BCUT2D eigenvalue weighted by Crippen LogP contribution is 2.38. The summed E-state index contributed by atoms with van der Waals surface area (Å²) >= 11 is 0. The van der Waals surface area contributed by atoms with Gasteiger partial charge in [0.25, 0.3) is 11.8 Å². The molecule has 0 unspecified atom stereocenters. The summed E-state index contributed by atoms with van der Waals surface area (Å²) in [5.74, 6) is -1.03. The molecule has 0 atom stereocenters. The van der Waals surface area contributed by atoms with Crippen molar-refractivity contribution < 1.29 is 27.7 Å². The first-order chi connectivity index (χ1) is 15.1. The number of halogens is 2. The van der Waals surface area contributed by atoms with Crippen LogP contribution in [0.15, 0.2) is 61.2 Å². The normalized spacial score (nSPS) is 12.1. The number of rotatable bonds is 5. The Morgan fingerprint density at radius 1 is 0.903 bits per heavy atom. The molecule has 2 aromatic carbocycles. The van der Waals surface area contributed by atoms with E-state index in [0.717, 1.165) is 5.69 Å². The molecule has 9 heteroatoms. The van der Waals surface area contributed by atoms with Crippen LogP contribution in [0.3, 0.4) is 0 Å². The Bertz CT molecular complexity index is 1240. The second kappa shape index (κ2) is 7.60. The van der Waals surface area contributed by atoms with Crippen LogP contribution in [0.1, 0.15) is 5.56 Å². The highest BCUT2D eigenvalue weighted by molar-refractivity contribution is 5.48. The molecule has 0 N–H and O–H groups in total. The van der Waals surface area contributed by atoms with Crippen LogP contribution in [0.2, 0.25) is 0 Å². The van der Waals surface area contributed by atoms with Crippen LogP contribution in [0.4, 0.5) is 8.78 Å². The van der Waals surface area contributed by atoms with Gasteiger partial charge < -0.3 is 23.5 Å². The van der Waals surface area contributed by atoms with E-state index in [1.54, 1.807) is 55.1 Å². The van der Waals surface area contributed by atoms with Gasteiger partial charge in [0.2, 0.25) is 6.79 Å². The van der Waals surface area contributed by atoms with E-state index in [2.05, 4.69) is 9.97 Å². The van der Waals surface area contributed by atoms with Crippen LogP contribution < -0.4 is 18.9 Å². The Morgan fingerprint density at radius 3 is 2.29 bits per heavy atom. The Hall–Kier alpha value is -4.14. The number of hydrogen-bond acceptors (Lipinski definition) is 6. The van der Waals surface area contributed by atoms with Crippen LogP contribution in [-0.4, -0.2) is 21.3 Å². The molecule has 0 aliphatic carbocycles. The lowest BCUT2D eigenvalue weighted by Crippen LogP contribution is -2.02. The quantitative estimate of drug-likeness (QED) is 0.441. The van der Waals surface area contributed by atoms with Crippen LogP contribution in [0.5, 0.6) is 34.8 Å². The molecule has 0 saturated heterocycles. The summed E-state index contributed by atoms with van der Waals surface area (Å²) in [7, 11) is 0. The SMILES string of the molecule is Cc1c(F)c(Oc2ccc(-n3ccnc3)cc2)nc(Oc2ccc3c(c2)OCO3)c1F. The van der Waals surface area contributed by atoms with Crippen LogP contribution >= 0.6 is 0 Å². The number of imidazole rings is 1. The first-order valence-electron chi connectivity index (χ1n) is 9.28. The second-order valence-electron chi connectivity index (χ2n) is 6.66. The van der Waals surface area contributed by atoms with Crippen molar-refractivity contribution in [2.24, 2.45) is 0 Å². The Balaban J connectivity index is 1.42. The predicted molar refractivity (Wildman–Crippen MR) is 105 cm³/mol. The fourth-order valence-electron chi connectivity index (χ4n) is 3.00. The molecule has 0 saturated carbocycles. The topological polar surface area (TPSA) is 67.6 Å². The summed E-state index contributed by atoms with van der Waals surface area (Å²) < 4.78 is 52.7. The summed E-state index contributed by atoms with van der Waals surface area (Å²) in [6.45, 7) is 1.38. The lowest BCUT2D eigenvalue weighted by molar-refractivity contribution is 0.174. The second-order valence-corrected chi connectivity index (χ2v) is 6.66. The maximum Gasteiger partial charge on any atom is 0.259 e. The molecule has 156 valence electrons. The third kappa shape index (κ3) is 3.61. The smallest absolute Gasteiger partial charge is 0.259 e. The molecule has 5 rings (SSSR count). The number of aromatic nitrogens is 3. The van der Waals surface area contributed by atoms with Gasteiger partial charge in [-0.05, 0) is 43.3 Å². The molecule has 31 heavy (non-hydrogen) atoms. The number of pyridine rings is 1. The molecule has 2 aromatic heterocycles. The van der Waals surface area contributed by atoms with Gasteiger partial charge in [-0.1, -0.05) is 0 Å². The van der Waals surface area contributed by atoms with Crippen molar-refractivity contribution in [3.63, 3.8) is 0 Å². The zero-order chi connectivity index (χ0) is 21.4. The molecule has 0 spiro atoms. The van der Waals surface area contributed by atoms with Gasteiger partial charge in [0.15, 0.2) is 23.1 Å². The van der Waals surface area contributed by atoms with E-state index in [4.69, 9.17) is 18.9 Å². The van der Waals surface area contributed by atoms with Gasteiger partial charge >= 0.3 is 0 Å². The zero-order valence-electron chi connectivity index (χ0n) is 16.2. The molecule has 0 fully saturated rings. The Labute approximate surface area is 175 Å². The van der Waals surface area contributed by atoms with Crippen molar-refractivity contribution in [3.05, 3.63) is 78.4 Å². The fourth-order valence-corrected chi connectivity index (χ4v) is 3.00. The maximum atomic E-state index is 14.6. The summed E-state index contributed by atoms with van der Waals surface area (Å²) in [5, 5.41) is 0. The minimum absolute atomic E-state index is 0.0959. The molecule has 3 heterocycles. The predicted octanol–water partition coefficient (Wildman–Crippen LogP) is 5.17. The van der Waals surface area contributed by atoms with Crippen molar-refractivity contribution in [1.82, 2.24) is 14.5 Å². The molecular weight excluding hydrogens is 408 g/mol. The molecule has 1 aliphatic heterocycles. The van der Waals surface area contributed by atoms with Crippen LogP contribution in [-0.2, 0) is 0 Å². The van der Waals surface area contributed by atoms with E-state index in [9.17, 15) is 8.78 Å². The molecule has 1 aliphatic rings. The number of nitrogens with zero attached hydrogens (tertiary/aromatic N) is 3. The van der Waals surface area contributed by atoms with Crippen molar-refractivity contribution in [2.75, 3.05) is 6.79 Å². The zero-order valence-corrected chi connectivity index (χ0v) is 16.2. The minimum atomic E-state index is -0.919. The van der Waals surface area contributed by atoms with Gasteiger partial charge in [0.05, 0.1) is 6.33 Å². The molecule has 0 bridgehead atoms. The van der Waals surface area contributed by atoms with Crippen molar-refractivity contribution in [3.8, 4) is 40.4 Å². The van der Waals surface area contributed by atoms with Gasteiger partial charge in [-0.2, -0.15) is 4.98 Å². The van der Waals surface area contributed by atoms with E-state index >= 15 is 0 Å². The first-order valence-corrected chi connectivity index (χ1v) is 9.28. The van der Waals surface area contributed by atoms with Gasteiger partial charge in [-0.3, -0.25) is 0 Å². The van der Waals surface area contributed by atoms with E-state index in [-0.39, 0.29) is 18.1 Å². The van der Waals surface area contributed by atoms with Gasteiger partial charge in [0, 0.05) is 29.7 Å². The third-order valence-electron chi connectivity index (χ3n) is 4.65. The van der Waals surface area contributed by atoms with Gasteiger partial charge in [0.1, 0.15) is 11.5 Å². The Kier molecular flexibility index (Phi) is 4.62. The fraction of sp³-hybridized carbons (Fsp3) is 0.0909. The van der Waals surface area contributed by atoms with Gasteiger partial charge in [-0.15, -0.1) is 0 Å². The lowest BCUT2D eigenvalue weighted by Gasteiger charge is -2.13. The van der Waals surface area contributed by atoms with Crippen molar-refractivity contribution in [2.45, 2.75) is 6.92 Å². The molecule has 4 aromatic rings. The highest BCUT2D eigenvalue weighted by atomic mass is 19.1. The van der Waals surface area contributed by atoms with Crippen LogP contribution in [0, 0.1) is 18.6 Å². The molecule has 0 amide bonds. The number of hydrogen-bond donors (Lipinski definition) is 0.